The summed E-state index contributed by atoms with van der Waals surface area (Å²) in [7, 11) is 0. The van der Waals surface area contributed by atoms with E-state index in [9.17, 15) is 0 Å². The molecule has 3 unspecified atom stereocenters. The van der Waals surface area contributed by atoms with Crippen LogP contribution < -0.4 is 5.32 Å². The van der Waals surface area contributed by atoms with Crippen molar-refractivity contribution in [3.63, 3.8) is 0 Å². The summed E-state index contributed by atoms with van der Waals surface area (Å²) >= 11 is 0. The maximum atomic E-state index is 4.00. The topological polar surface area (TPSA) is 12.0 Å². The van der Waals surface area contributed by atoms with Crippen LogP contribution in [-0.4, -0.2) is 12.1 Å². The van der Waals surface area contributed by atoms with Crippen LogP contribution in [0.3, 0.4) is 0 Å². The first-order valence-electron chi connectivity index (χ1n) is 7.36. The lowest BCUT2D eigenvalue weighted by Crippen LogP contribution is -2.51. The molecule has 2 rings (SSSR count). The van der Waals surface area contributed by atoms with Crippen LogP contribution in [0.5, 0.6) is 0 Å². The van der Waals surface area contributed by atoms with Gasteiger partial charge in [-0.3, -0.25) is 0 Å². The molecule has 0 spiro atoms. The second-order valence-electron chi connectivity index (χ2n) is 6.82. The molecule has 0 aromatic carbocycles. The molecule has 1 N–H and O–H groups in total. The third kappa shape index (κ3) is 2.80. The first-order chi connectivity index (χ1) is 7.59. The number of hydrogen-bond donors (Lipinski definition) is 1. The zero-order valence-corrected chi connectivity index (χ0v) is 11.4. The van der Waals surface area contributed by atoms with Crippen molar-refractivity contribution in [3.05, 3.63) is 0 Å². The van der Waals surface area contributed by atoms with Crippen LogP contribution in [0.4, 0.5) is 0 Å². The fraction of sp³-hybridized carbons (Fsp3) is 1.00. The maximum Gasteiger partial charge on any atom is 0.0121 e. The van der Waals surface area contributed by atoms with E-state index in [4.69, 9.17) is 0 Å². The Bertz CT molecular complexity index is 221. The molecule has 3 atom stereocenters. The van der Waals surface area contributed by atoms with Crippen molar-refractivity contribution in [2.45, 2.75) is 84.2 Å². The van der Waals surface area contributed by atoms with Crippen LogP contribution >= 0.6 is 0 Å². The average molecular weight is 223 g/mol. The van der Waals surface area contributed by atoms with Gasteiger partial charge in [0.2, 0.25) is 0 Å². The molecule has 0 saturated heterocycles. The van der Waals surface area contributed by atoms with E-state index in [0.29, 0.717) is 5.41 Å². The molecule has 2 fully saturated rings. The normalized spacial score (nSPS) is 39.6. The van der Waals surface area contributed by atoms with Gasteiger partial charge in [0, 0.05) is 12.1 Å². The fourth-order valence-corrected chi connectivity index (χ4v) is 3.63. The minimum absolute atomic E-state index is 0.523. The lowest BCUT2D eigenvalue weighted by Gasteiger charge is -2.43. The smallest absolute Gasteiger partial charge is 0.0121 e. The number of hydrogen-bond acceptors (Lipinski definition) is 1. The standard InChI is InChI=1S/C15H29N/c1-12-8-4-5-9-13(12)16-14-10-6-7-11-15(14,2)3/h12-14,16H,4-11H2,1-3H3. The van der Waals surface area contributed by atoms with Gasteiger partial charge in [0.1, 0.15) is 0 Å². The third-order valence-electron chi connectivity index (χ3n) is 5.03. The van der Waals surface area contributed by atoms with Crippen molar-refractivity contribution in [1.29, 1.82) is 0 Å². The fourth-order valence-electron chi connectivity index (χ4n) is 3.63. The Balaban J connectivity index is 1.91. The summed E-state index contributed by atoms with van der Waals surface area (Å²) in [5.41, 5.74) is 0.523. The van der Waals surface area contributed by atoms with Gasteiger partial charge in [-0.25, -0.2) is 0 Å². The summed E-state index contributed by atoms with van der Waals surface area (Å²) in [5.74, 6) is 0.895. The minimum atomic E-state index is 0.523. The van der Waals surface area contributed by atoms with E-state index in [1.807, 2.05) is 0 Å². The quantitative estimate of drug-likeness (QED) is 0.742. The van der Waals surface area contributed by atoms with Gasteiger partial charge >= 0.3 is 0 Å². The molecule has 0 aromatic rings. The monoisotopic (exact) mass is 223 g/mol. The van der Waals surface area contributed by atoms with Gasteiger partial charge in [0.25, 0.3) is 0 Å². The minimum Gasteiger partial charge on any atom is -0.310 e. The molecule has 0 aromatic heterocycles. The van der Waals surface area contributed by atoms with Crippen LogP contribution in [0.2, 0.25) is 0 Å². The molecule has 0 radical (unpaired) electrons. The highest BCUT2D eigenvalue weighted by Gasteiger charge is 2.34. The summed E-state index contributed by atoms with van der Waals surface area (Å²) in [5, 5.41) is 4.00. The highest BCUT2D eigenvalue weighted by molar-refractivity contribution is 4.91. The highest BCUT2D eigenvalue weighted by atomic mass is 15.0. The molecule has 2 aliphatic rings. The number of rotatable bonds is 2. The van der Waals surface area contributed by atoms with Gasteiger partial charge in [-0.05, 0) is 37.0 Å². The first kappa shape index (κ1) is 12.4. The van der Waals surface area contributed by atoms with Crippen LogP contribution in [0.1, 0.15) is 72.1 Å². The molecule has 1 nitrogen and oxygen atoms in total. The summed E-state index contributed by atoms with van der Waals surface area (Å²) in [6.07, 6.45) is 11.4. The van der Waals surface area contributed by atoms with Crippen molar-refractivity contribution >= 4 is 0 Å². The highest BCUT2D eigenvalue weighted by Crippen LogP contribution is 2.37. The molecule has 2 saturated carbocycles. The van der Waals surface area contributed by atoms with Crippen molar-refractivity contribution in [2.75, 3.05) is 0 Å². The predicted octanol–water partition coefficient (Wildman–Crippen LogP) is 4.12. The first-order valence-corrected chi connectivity index (χ1v) is 7.36. The van der Waals surface area contributed by atoms with Gasteiger partial charge < -0.3 is 5.32 Å². The Morgan fingerprint density at radius 2 is 1.62 bits per heavy atom. The van der Waals surface area contributed by atoms with E-state index in [-0.39, 0.29) is 0 Å². The molecule has 0 amide bonds. The van der Waals surface area contributed by atoms with Crippen molar-refractivity contribution in [1.82, 2.24) is 5.32 Å². The lowest BCUT2D eigenvalue weighted by molar-refractivity contribution is 0.131. The Morgan fingerprint density at radius 3 is 2.31 bits per heavy atom. The second-order valence-corrected chi connectivity index (χ2v) is 6.82. The Hall–Kier alpha value is -0.0400. The van der Waals surface area contributed by atoms with E-state index in [1.165, 1.54) is 51.4 Å². The molecule has 16 heavy (non-hydrogen) atoms. The maximum absolute atomic E-state index is 4.00. The van der Waals surface area contributed by atoms with E-state index in [0.717, 1.165) is 18.0 Å². The van der Waals surface area contributed by atoms with E-state index in [2.05, 4.69) is 26.1 Å². The van der Waals surface area contributed by atoms with Gasteiger partial charge in [0.15, 0.2) is 0 Å². The van der Waals surface area contributed by atoms with Crippen molar-refractivity contribution in [3.8, 4) is 0 Å². The summed E-state index contributed by atoms with van der Waals surface area (Å²) in [4.78, 5) is 0. The van der Waals surface area contributed by atoms with Gasteiger partial charge in [0.05, 0.1) is 0 Å². The number of nitrogens with one attached hydrogen (secondary N) is 1. The summed E-state index contributed by atoms with van der Waals surface area (Å²) in [6.45, 7) is 7.35. The van der Waals surface area contributed by atoms with Gasteiger partial charge in [-0.1, -0.05) is 46.5 Å². The molecule has 0 heterocycles. The largest absolute Gasteiger partial charge is 0.310 e. The Labute approximate surface area is 101 Å². The van der Waals surface area contributed by atoms with Crippen molar-refractivity contribution in [2.24, 2.45) is 11.3 Å². The predicted molar refractivity (Wildman–Crippen MR) is 70.6 cm³/mol. The SMILES string of the molecule is CC1CCCCC1NC1CCCCC1(C)C. The average Bonchev–Trinajstić information content (AvgIpc) is 2.24. The Kier molecular flexibility index (Phi) is 3.94. The van der Waals surface area contributed by atoms with Crippen LogP contribution in [0.25, 0.3) is 0 Å². The van der Waals surface area contributed by atoms with Crippen LogP contribution in [0.15, 0.2) is 0 Å². The lowest BCUT2D eigenvalue weighted by atomic mass is 9.72. The zero-order chi connectivity index (χ0) is 11.6. The summed E-state index contributed by atoms with van der Waals surface area (Å²) < 4.78 is 0. The van der Waals surface area contributed by atoms with E-state index < -0.39 is 0 Å². The molecular formula is C15H29N. The Morgan fingerprint density at radius 1 is 0.938 bits per heavy atom. The molecule has 0 bridgehead atoms. The second kappa shape index (κ2) is 5.08. The van der Waals surface area contributed by atoms with E-state index >= 15 is 0 Å². The van der Waals surface area contributed by atoms with Crippen molar-refractivity contribution < 1.29 is 0 Å². The van der Waals surface area contributed by atoms with Gasteiger partial charge in [-0.2, -0.15) is 0 Å². The van der Waals surface area contributed by atoms with Gasteiger partial charge in [-0.15, -0.1) is 0 Å². The molecular weight excluding hydrogens is 194 g/mol. The van der Waals surface area contributed by atoms with Crippen LogP contribution in [-0.2, 0) is 0 Å². The molecule has 1 heteroatoms. The molecule has 94 valence electrons. The van der Waals surface area contributed by atoms with Crippen LogP contribution in [0, 0.1) is 11.3 Å². The third-order valence-corrected chi connectivity index (χ3v) is 5.03. The summed E-state index contributed by atoms with van der Waals surface area (Å²) in [6, 6.07) is 1.57. The molecule has 0 aliphatic heterocycles. The van der Waals surface area contributed by atoms with E-state index in [1.54, 1.807) is 0 Å². The molecule has 2 aliphatic carbocycles. The zero-order valence-electron chi connectivity index (χ0n) is 11.4.